The van der Waals surface area contributed by atoms with Gasteiger partial charge in [0, 0.05) is 11.4 Å². The van der Waals surface area contributed by atoms with E-state index in [1.54, 1.807) is 13.0 Å². The van der Waals surface area contributed by atoms with E-state index in [2.05, 4.69) is 0 Å². The number of benzene rings is 1. The molecule has 0 aromatic heterocycles. The first-order chi connectivity index (χ1) is 6.50. The van der Waals surface area contributed by atoms with Gasteiger partial charge in [-0.1, -0.05) is 11.6 Å². The molecule has 1 fully saturated rings. The fourth-order valence-corrected chi connectivity index (χ4v) is 1.68. The van der Waals surface area contributed by atoms with Crippen LogP contribution in [-0.4, -0.2) is 10.7 Å². The van der Waals surface area contributed by atoms with Crippen molar-refractivity contribution in [1.29, 1.82) is 0 Å². The lowest BCUT2D eigenvalue weighted by Gasteiger charge is -2.10. The molecule has 1 aliphatic rings. The van der Waals surface area contributed by atoms with Crippen LogP contribution in [0.5, 0.6) is 0 Å². The maximum atomic E-state index is 13.4. The van der Waals surface area contributed by atoms with Crippen molar-refractivity contribution < 1.29 is 9.50 Å². The summed E-state index contributed by atoms with van der Waals surface area (Å²) in [5.41, 5.74) is 0.579. The van der Waals surface area contributed by atoms with Crippen LogP contribution in [0.25, 0.3) is 0 Å². The van der Waals surface area contributed by atoms with Crippen LogP contribution in [0.3, 0.4) is 0 Å². The molecule has 3 heteroatoms. The van der Waals surface area contributed by atoms with Crippen molar-refractivity contribution in [3.8, 4) is 0 Å². The average molecular weight is 215 g/mol. The smallest absolute Gasteiger partial charge is 0.126 e. The lowest BCUT2D eigenvalue weighted by atomic mass is 10.0. The number of hydrogen-bond donors (Lipinski definition) is 1. The van der Waals surface area contributed by atoms with Gasteiger partial charge in [0.2, 0.25) is 0 Å². The summed E-state index contributed by atoms with van der Waals surface area (Å²) in [4.78, 5) is 0. The average Bonchev–Trinajstić information content (AvgIpc) is 2.80. The molecule has 0 spiro atoms. The first kappa shape index (κ1) is 9.94. The summed E-state index contributed by atoms with van der Waals surface area (Å²) in [5.74, 6) is -0.271. The van der Waals surface area contributed by atoms with E-state index in [4.69, 9.17) is 11.6 Å². The number of aliphatic hydroxyl groups is 1. The van der Waals surface area contributed by atoms with Crippen LogP contribution >= 0.6 is 11.6 Å². The molecule has 76 valence electrons. The molecule has 0 unspecified atom stereocenters. The highest BCUT2D eigenvalue weighted by molar-refractivity contribution is 6.31. The number of aryl methyl sites for hydroxylation is 1. The fraction of sp³-hybridized carbons (Fsp3) is 0.455. The summed E-state index contributed by atoms with van der Waals surface area (Å²) in [6, 6.07) is 3.03. The van der Waals surface area contributed by atoms with Gasteiger partial charge in [-0.05, 0) is 43.0 Å². The molecule has 1 aromatic carbocycles. The molecule has 1 aromatic rings. The third-order valence-electron chi connectivity index (χ3n) is 2.67. The number of hydrogen-bond acceptors (Lipinski definition) is 1. The topological polar surface area (TPSA) is 20.2 Å². The summed E-state index contributed by atoms with van der Waals surface area (Å²) in [6.45, 7) is 1.76. The monoisotopic (exact) mass is 214 g/mol. The van der Waals surface area contributed by atoms with Crippen molar-refractivity contribution in [2.45, 2.75) is 31.8 Å². The standard InChI is InChI=1S/C11H12ClFO/c1-7-4-10(13)8(5-9(7)12)6-11(14)2-3-11/h4-5,14H,2-3,6H2,1H3. The van der Waals surface area contributed by atoms with Crippen molar-refractivity contribution in [2.24, 2.45) is 0 Å². The Morgan fingerprint density at radius 3 is 2.71 bits per heavy atom. The van der Waals surface area contributed by atoms with Crippen LogP contribution in [0.2, 0.25) is 5.02 Å². The summed E-state index contributed by atoms with van der Waals surface area (Å²) in [5, 5.41) is 10.2. The first-order valence-electron chi connectivity index (χ1n) is 4.67. The quantitative estimate of drug-likeness (QED) is 0.803. The largest absolute Gasteiger partial charge is 0.390 e. The van der Waals surface area contributed by atoms with Gasteiger partial charge >= 0.3 is 0 Å². The summed E-state index contributed by atoms with van der Waals surface area (Å²) in [7, 11) is 0. The van der Waals surface area contributed by atoms with E-state index in [9.17, 15) is 9.50 Å². The molecule has 2 rings (SSSR count). The van der Waals surface area contributed by atoms with E-state index in [1.165, 1.54) is 6.07 Å². The van der Waals surface area contributed by atoms with Gasteiger partial charge in [-0.2, -0.15) is 0 Å². The minimum Gasteiger partial charge on any atom is -0.390 e. The zero-order valence-electron chi connectivity index (χ0n) is 7.98. The predicted molar refractivity (Wildman–Crippen MR) is 54.0 cm³/mol. The number of rotatable bonds is 2. The van der Waals surface area contributed by atoms with Crippen molar-refractivity contribution in [3.63, 3.8) is 0 Å². The van der Waals surface area contributed by atoms with Crippen LogP contribution in [0.15, 0.2) is 12.1 Å². The maximum Gasteiger partial charge on any atom is 0.126 e. The second-order valence-electron chi connectivity index (χ2n) is 4.09. The highest BCUT2D eigenvalue weighted by atomic mass is 35.5. The van der Waals surface area contributed by atoms with E-state index in [-0.39, 0.29) is 5.82 Å². The van der Waals surface area contributed by atoms with Crippen molar-refractivity contribution in [3.05, 3.63) is 34.1 Å². The Labute approximate surface area is 87.5 Å². The Morgan fingerprint density at radius 1 is 1.50 bits per heavy atom. The number of halogens is 2. The van der Waals surface area contributed by atoms with E-state index in [1.807, 2.05) is 0 Å². The molecule has 1 N–H and O–H groups in total. The third-order valence-corrected chi connectivity index (χ3v) is 3.08. The van der Waals surface area contributed by atoms with Gasteiger partial charge < -0.3 is 5.11 Å². The molecule has 0 amide bonds. The molecule has 0 atom stereocenters. The van der Waals surface area contributed by atoms with E-state index < -0.39 is 5.60 Å². The van der Waals surface area contributed by atoms with Gasteiger partial charge in [0.25, 0.3) is 0 Å². The zero-order chi connectivity index (χ0) is 10.3. The van der Waals surface area contributed by atoms with Gasteiger partial charge in [0.1, 0.15) is 5.82 Å². The molecular weight excluding hydrogens is 203 g/mol. The van der Waals surface area contributed by atoms with Gasteiger partial charge in [0.15, 0.2) is 0 Å². The van der Waals surface area contributed by atoms with Crippen LogP contribution in [0, 0.1) is 12.7 Å². The predicted octanol–water partition coefficient (Wildman–Crippen LogP) is 2.85. The molecule has 0 saturated heterocycles. The Morgan fingerprint density at radius 2 is 2.14 bits per heavy atom. The zero-order valence-corrected chi connectivity index (χ0v) is 8.74. The second kappa shape index (κ2) is 3.21. The molecule has 14 heavy (non-hydrogen) atoms. The third kappa shape index (κ3) is 1.91. The van der Waals surface area contributed by atoms with Gasteiger partial charge in [-0.15, -0.1) is 0 Å². The normalized spacial score (nSPS) is 18.3. The highest BCUT2D eigenvalue weighted by Gasteiger charge is 2.40. The summed E-state index contributed by atoms with van der Waals surface area (Å²) in [6.07, 6.45) is 1.90. The second-order valence-corrected chi connectivity index (χ2v) is 4.50. The summed E-state index contributed by atoms with van der Waals surface area (Å²) >= 11 is 5.89. The van der Waals surface area contributed by atoms with Crippen LogP contribution in [0.4, 0.5) is 4.39 Å². The van der Waals surface area contributed by atoms with E-state index in [0.717, 1.165) is 18.4 Å². The van der Waals surface area contributed by atoms with Crippen LogP contribution < -0.4 is 0 Å². The molecule has 1 saturated carbocycles. The van der Waals surface area contributed by atoms with Crippen molar-refractivity contribution in [1.82, 2.24) is 0 Å². The highest BCUT2D eigenvalue weighted by Crippen LogP contribution is 2.39. The maximum absolute atomic E-state index is 13.4. The minimum absolute atomic E-state index is 0.271. The molecule has 0 aliphatic heterocycles. The van der Waals surface area contributed by atoms with Crippen LogP contribution in [-0.2, 0) is 6.42 Å². The van der Waals surface area contributed by atoms with Gasteiger partial charge in [0.05, 0.1) is 5.60 Å². The lowest BCUT2D eigenvalue weighted by molar-refractivity contribution is 0.149. The Kier molecular flexibility index (Phi) is 2.28. The molecule has 0 radical (unpaired) electrons. The SMILES string of the molecule is Cc1cc(F)c(CC2(O)CC2)cc1Cl. The summed E-state index contributed by atoms with van der Waals surface area (Å²) < 4.78 is 13.4. The molecule has 1 nitrogen and oxygen atoms in total. The molecular formula is C11H12ClFO. The minimum atomic E-state index is -0.667. The Bertz CT molecular complexity index is 372. The lowest BCUT2D eigenvalue weighted by Crippen LogP contribution is -2.12. The van der Waals surface area contributed by atoms with Crippen molar-refractivity contribution in [2.75, 3.05) is 0 Å². The van der Waals surface area contributed by atoms with E-state index in [0.29, 0.717) is 17.0 Å². The van der Waals surface area contributed by atoms with Gasteiger partial charge in [-0.25, -0.2) is 4.39 Å². The molecule has 1 aliphatic carbocycles. The van der Waals surface area contributed by atoms with Crippen molar-refractivity contribution >= 4 is 11.6 Å². The Hall–Kier alpha value is -0.600. The fourth-order valence-electron chi connectivity index (χ4n) is 1.50. The van der Waals surface area contributed by atoms with E-state index >= 15 is 0 Å². The molecule has 0 heterocycles. The first-order valence-corrected chi connectivity index (χ1v) is 5.05. The van der Waals surface area contributed by atoms with Gasteiger partial charge in [-0.3, -0.25) is 0 Å². The Balaban J connectivity index is 2.29. The van der Waals surface area contributed by atoms with Crippen LogP contribution in [0.1, 0.15) is 24.0 Å². The molecule has 0 bridgehead atoms.